The van der Waals surface area contributed by atoms with Gasteiger partial charge in [0, 0.05) is 35.3 Å². The average molecular weight is 455 g/mol. The van der Waals surface area contributed by atoms with Gasteiger partial charge in [-0.2, -0.15) is 0 Å². The molecule has 0 aliphatic heterocycles. The van der Waals surface area contributed by atoms with E-state index in [4.69, 9.17) is 9.15 Å². The minimum atomic E-state index is -0.645. The second-order valence-electron chi connectivity index (χ2n) is 6.80. The Morgan fingerprint density at radius 1 is 1.09 bits per heavy atom. The number of hydrogen-bond donors (Lipinski definition) is 0. The van der Waals surface area contributed by atoms with Crippen molar-refractivity contribution >= 4 is 23.9 Å². The van der Waals surface area contributed by atoms with Gasteiger partial charge in [-0.15, -0.1) is 16.9 Å². The normalized spacial score (nSPS) is 11.3. The number of hydrogen-bond acceptors (Lipinski definition) is 6. The van der Waals surface area contributed by atoms with E-state index in [1.54, 1.807) is 18.0 Å². The molecule has 0 atom stereocenters. The van der Waals surface area contributed by atoms with Crippen LogP contribution in [0.3, 0.4) is 0 Å². The molecule has 0 amide bonds. The van der Waals surface area contributed by atoms with Gasteiger partial charge < -0.3 is 9.15 Å². The number of ether oxygens (including phenoxy) is 1. The largest absolute Gasteiger partial charge is 0.487 e. The molecule has 0 bridgehead atoms. The fraction of sp³-hybridized carbons (Fsp3) is 0.174. The zero-order valence-corrected chi connectivity index (χ0v) is 17.8. The van der Waals surface area contributed by atoms with Gasteiger partial charge in [0.05, 0.1) is 6.20 Å². The molecule has 4 rings (SSSR count). The summed E-state index contributed by atoms with van der Waals surface area (Å²) in [5.74, 6) is 0.755. The average Bonchev–Trinajstić information content (AvgIpc) is 3.48. The van der Waals surface area contributed by atoms with Crippen LogP contribution in [-0.2, 0) is 13.2 Å². The number of halogens is 2. The van der Waals surface area contributed by atoms with E-state index in [-0.39, 0.29) is 12.2 Å². The molecular formula is C23H20F2N4O2S. The lowest BCUT2D eigenvalue weighted by molar-refractivity contribution is 0.301. The first-order valence-electron chi connectivity index (χ1n) is 9.93. The maximum absolute atomic E-state index is 13.7. The highest BCUT2D eigenvalue weighted by Gasteiger charge is 2.05. The summed E-state index contributed by atoms with van der Waals surface area (Å²) in [5, 5.41) is 7.74. The van der Waals surface area contributed by atoms with Crippen molar-refractivity contribution in [2.45, 2.75) is 24.5 Å². The Kier molecular flexibility index (Phi) is 7.29. The van der Waals surface area contributed by atoms with Crippen LogP contribution in [0.2, 0.25) is 0 Å². The SMILES string of the molecule is Fc1ccc(/C=C/c2nc(COc3ccc(SCCCn4ccnn4)cc3)co2)c(F)c1. The fourth-order valence-corrected chi connectivity index (χ4v) is 3.66. The van der Waals surface area contributed by atoms with Crippen molar-refractivity contribution in [3.63, 3.8) is 0 Å². The Hall–Kier alpha value is -3.46. The van der Waals surface area contributed by atoms with Crippen molar-refractivity contribution in [2.75, 3.05) is 5.75 Å². The molecule has 6 nitrogen and oxygen atoms in total. The summed E-state index contributed by atoms with van der Waals surface area (Å²) in [5.41, 5.74) is 0.856. The third-order valence-corrected chi connectivity index (χ3v) is 5.52. The summed E-state index contributed by atoms with van der Waals surface area (Å²) in [6.07, 6.45) is 9.03. The predicted octanol–water partition coefficient (Wildman–Crippen LogP) is 5.48. The van der Waals surface area contributed by atoms with Crippen LogP contribution in [0, 0.1) is 11.6 Å². The van der Waals surface area contributed by atoms with Gasteiger partial charge in [0.1, 0.15) is 35.9 Å². The molecular weight excluding hydrogens is 434 g/mol. The molecule has 0 spiro atoms. The highest BCUT2D eigenvalue weighted by atomic mass is 32.2. The molecule has 0 unspecified atom stereocenters. The number of rotatable bonds is 10. The van der Waals surface area contributed by atoms with Gasteiger partial charge in [-0.05, 0) is 54.6 Å². The molecule has 0 saturated carbocycles. The van der Waals surface area contributed by atoms with E-state index >= 15 is 0 Å². The highest BCUT2D eigenvalue weighted by molar-refractivity contribution is 7.99. The van der Waals surface area contributed by atoms with Crippen molar-refractivity contribution < 1.29 is 17.9 Å². The third kappa shape index (κ3) is 6.27. The number of benzene rings is 2. The van der Waals surface area contributed by atoms with E-state index in [1.165, 1.54) is 30.5 Å². The molecule has 164 valence electrons. The summed E-state index contributed by atoms with van der Waals surface area (Å²) in [4.78, 5) is 5.45. The van der Waals surface area contributed by atoms with Crippen molar-refractivity contribution in [1.82, 2.24) is 20.0 Å². The molecule has 0 N–H and O–H groups in total. The molecule has 0 fully saturated rings. The van der Waals surface area contributed by atoms with Crippen molar-refractivity contribution in [2.24, 2.45) is 0 Å². The first-order valence-corrected chi connectivity index (χ1v) is 10.9. The standard InChI is InChI=1S/C23H20F2N4O2S/c24-18-4-2-17(22(25)14-18)3-9-23-27-19(16-31-23)15-30-20-5-7-21(8-6-20)32-13-1-11-29-12-10-26-28-29/h2-10,12,14,16H,1,11,13,15H2/b9-3+. The number of aromatic nitrogens is 4. The minimum absolute atomic E-state index is 0.243. The van der Waals surface area contributed by atoms with E-state index in [0.29, 0.717) is 11.6 Å². The molecule has 4 aromatic rings. The van der Waals surface area contributed by atoms with Crippen LogP contribution in [0.1, 0.15) is 23.6 Å². The van der Waals surface area contributed by atoms with Crippen molar-refractivity contribution in [3.05, 3.63) is 89.9 Å². The van der Waals surface area contributed by atoms with Gasteiger partial charge in [-0.25, -0.2) is 13.8 Å². The van der Waals surface area contributed by atoms with Crippen molar-refractivity contribution in [1.29, 1.82) is 0 Å². The van der Waals surface area contributed by atoms with Gasteiger partial charge in [0.25, 0.3) is 0 Å². The minimum Gasteiger partial charge on any atom is -0.487 e. The maximum Gasteiger partial charge on any atom is 0.218 e. The van der Waals surface area contributed by atoms with Crippen LogP contribution in [0.25, 0.3) is 12.2 Å². The molecule has 0 saturated heterocycles. The zero-order valence-electron chi connectivity index (χ0n) is 17.0. The lowest BCUT2D eigenvalue weighted by Gasteiger charge is -2.06. The van der Waals surface area contributed by atoms with Gasteiger partial charge >= 0.3 is 0 Å². The summed E-state index contributed by atoms with van der Waals surface area (Å²) in [6.45, 7) is 1.09. The summed E-state index contributed by atoms with van der Waals surface area (Å²) >= 11 is 1.77. The number of aryl methyl sites for hydroxylation is 1. The maximum atomic E-state index is 13.7. The number of oxazole rings is 1. The molecule has 0 radical (unpaired) electrons. The van der Waals surface area contributed by atoms with Crippen LogP contribution in [0.5, 0.6) is 5.75 Å². The van der Waals surface area contributed by atoms with E-state index in [1.807, 2.05) is 35.1 Å². The summed E-state index contributed by atoms with van der Waals surface area (Å²) < 4.78 is 39.6. The first kappa shape index (κ1) is 21.8. The molecule has 2 heterocycles. The topological polar surface area (TPSA) is 66.0 Å². The quantitative estimate of drug-likeness (QED) is 0.234. The van der Waals surface area contributed by atoms with Crippen LogP contribution >= 0.6 is 11.8 Å². The Balaban J connectivity index is 1.22. The molecule has 2 aromatic carbocycles. The van der Waals surface area contributed by atoms with Crippen LogP contribution in [0.4, 0.5) is 8.78 Å². The van der Waals surface area contributed by atoms with Crippen molar-refractivity contribution in [3.8, 4) is 5.75 Å². The van der Waals surface area contributed by atoms with E-state index in [9.17, 15) is 8.78 Å². The van der Waals surface area contributed by atoms with E-state index < -0.39 is 11.6 Å². The molecule has 9 heteroatoms. The summed E-state index contributed by atoms with van der Waals surface area (Å²) in [6, 6.07) is 11.2. The van der Waals surface area contributed by atoms with Gasteiger partial charge in [-0.3, -0.25) is 4.68 Å². The van der Waals surface area contributed by atoms with E-state index in [0.717, 1.165) is 35.4 Å². The Morgan fingerprint density at radius 3 is 2.75 bits per heavy atom. The lowest BCUT2D eigenvalue weighted by atomic mass is 10.2. The Bertz CT molecular complexity index is 1160. The molecule has 32 heavy (non-hydrogen) atoms. The number of nitrogens with zero attached hydrogens (tertiary/aromatic N) is 4. The van der Waals surface area contributed by atoms with Gasteiger partial charge in [0.15, 0.2) is 0 Å². The second kappa shape index (κ2) is 10.7. The van der Waals surface area contributed by atoms with Gasteiger partial charge in [0.2, 0.25) is 5.89 Å². The Labute approximate surface area is 187 Å². The highest BCUT2D eigenvalue weighted by Crippen LogP contribution is 2.23. The van der Waals surface area contributed by atoms with E-state index in [2.05, 4.69) is 15.3 Å². The van der Waals surface area contributed by atoms with Crippen LogP contribution in [-0.4, -0.2) is 25.7 Å². The predicted molar refractivity (Wildman–Crippen MR) is 118 cm³/mol. The van der Waals surface area contributed by atoms with Gasteiger partial charge in [-0.1, -0.05) is 5.21 Å². The molecule has 0 aliphatic rings. The zero-order chi connectivity index (χ0) is 22.2. The lowest BCUT2D eigenvalue weighted by Crippen LogP contribution is -1.99. The second-order valence-corrected chi connectivity index (χ2v) is 7.97. The molecule has 0 aliphatic carbocycles. The summed E-state index contributed by atoms with van der Waals surface area (Å²) in [7, 11) is 0. The number of thioether (sulfide) groups is 1. The Morgan fingerprint density at radius 2 is 1.97 bits per heavy atom. The fourth-order valence-electron chi connectivity index (χ4n) is 2.82. The molecule has 2 aromatic heterocycles. The first-order chi connectivity index (χ1) is 15.7. The monoisotopic (exact) mass is 454 g/mol. The van der Waals surface area contributed by atoms with Crippen LogP contribution < -0.4 is 4.74 Å². The third-order valence-electron chi connectivity index (χ3n) is 4.42. The van der Waals surface area contributed by atoms with Crippen LogP contribution in [0.15, 0.2) is 70.4 Å². The smallest absolute Gasteiger partial charge is 0.218 e.